The summed E-state index contributed by atoms with van der Waals surface area (Å²) in [6.45, 7) is 10.5. The Kier molecular flexibility index (Phi) is 5.13. The minimum atomic E-state index is -0.462. The number of esters is 1. The molecule has 0 bridgehead atoms. The van der Waals surface area contributed by atoms with E-state index in [0.29, 0.717) is 11.8 Å². The van der Waals surface area contributed by atoms with Crippen molar-refractivity contribution in [2.75, 3.05) is 6.61 Å². The summed E-state index contributed by atoms with van der Waals surface area (Å²) in [6, 6.07) is 0. The lowest BCUT2D eigenvalue weighted by atomic mass is 9.53. The number of fused-ring (bicyclic) bond motifs is 4. The van der Waals surface area contributed by atoms with Crippen LogP contribution in [-0.4, -0.2) is 23.8 Å². The van der Waals surface area contributed by atoms with E-state index in [0.717, 1.165) is 38.5 Å². The molecule has 0 aromatic heterocycles. The van der Waals surface area contributed by atoms with Gasteiger partial charge in [-0.05, 0) is 95.1 Å². The van der Waals surface area contributed by atoms with Crippen molar-refractivity contribution in [2.24, 2.45) is 28.1 Å². The third-order valence-electron chi connectivity index (χ3n) is 8.52. The van der Waals surface area contributed by atoms with E-state index in [2.05, 4.69) is 32.1 Å². The highest BCUT2D eigenvalue weighted by atomic mass is 16.5. The molecule has 0 radical (unpaired) electrons. The molecule has 3 heteroatoms. The zero-order chi connectivity index (χ0) is 21.0. The van der Waals surface area contributed by atoms with Gasteiger partial charge in [0.25, 0.3) is 0 Å². The second-order valence-electron chi connectivity index (χ2n) is 11.1. The molecular formula is C26H38O3. The fourth-order valence-electron chi connectivity index (χ4n) is 6.81. The van der Waals surface area contributed by atoms with Crippen molar-refractivity contribution < 1.29 is 14.6 Å². The first-order valence-corrected chi connectivity index (χ1v) is 11.6. The van der Waals surface area contributed by atoms with Crippen LogP contribution in [0.15, 0.2) is 34.9 Å². The lowest BCUT2D eigenvalue weighted by Gasteiger charge is -2.52. The van der Waals surface area contributed by atoms with Crippen LogP contribution in [0.4, 0.5) is 0 Å². The van der Waals surface area contributed by atoms with Crippen molar-refractivity contribution in [1.82, 2.24) is 0 Å². The predicted octanol–water partition coefficient (Wildman–Crippen LogP) is 5.75. The van der Waals surface area contributed by atoms with Gasteiger partial charge in [-0.3, -0.25) is 4.79 Å². The van der Waals surface area contributed by atoms with Gasteiger partial charge >= 0.3 is 5.97 Å². The number of hydrogen-bond acceptors (Lipinski definition) is 3. The zero-order valence-electron chi connectivity index (χ0n) is 18.9. The fraction of sp³-hybridized carbons (Fsp3) is 0.731. The maximum atomic E-state index is 12.5. The molecule has 0 unspecified atom stereocenters. The first kappa shape index (κ1) is 20.9. The molecule has 29 heavy (non-hydrogen) atoms. The first-order chi connectivity index (χ1) is 13.6. The monoisotopic (exact) mass is 398 g/mol. The molecule has 0 aliphatic heterocycles. The van der Waals surface area contributed by atoms with Crippen LogP contribution >= 0.6 is 0 Å². The van der Waals surface area contributed by atoms with Crippen molar-refractivity contribution in [3.8, 4) is 0 Å². The molecule has 4 aliphatic carbocycles. The van der Waals surface area contributed by atoms with Crippen LogP contribution in [0.25, 0.3) is 0 Å². The minimum absolute atomic E-state index is 0.0640. The number of hydrogen-bond donors (Lipinski definition) is 1. The van der Waals surface area contributed by atoms with Crippen LogP contribution < -0.4 is 0 Å². The van der Waals surface area contributed by atoms with Gasteiger partial charge in [0.15, 0.2) is 0 Å². The van der Waals surface area contributed by atoms with E-state index in [4.69, 9.17) is 4.74 Å². The van der Waals surface area contributed by atoms with Gasteiger partial charge < -0.3 is 9.84 Å². The molecule has 0 aromatic carbocycles. The third kappa shape index (κ3) is 3.15. The number of allylic oxidation sites excluding steroid dienone is 5. The molecule has 1 saturated carbocycles. The molecule has 0 spiro atoms. The highest BCUT2D eigenvalue weighted by Gasteiger charge is 2.54. The Morgan fingerprint density at radius 1 is 1.28 bits per heavy atom. The molecule has 3 nitrogen and oxygen atoms in total. The number of carbonyl (C=O) groups is 1. The summed E-state index contributed by atoms with van der Waals surface area (Å²) in [6.07, 6.45) is 14.8. The number of ether oxygens (including phenoxy) is 1. The summed E-state index contributed by atoms with van der Waals surface area (Å²) >= 11 is 0. The topological polar surface area (TPSA) is 46.5 Å². The zero-order valence-corrected chi connectivity index (χ0v) is 18.9. The van der Waals surface area contributed by atoms with Gasteiger partial charge in [0.05, 0.1) is 12.0 Å². The van der Waals surface area contributed by atoms with Gasteiger partial charge in [0, 0.05) is 11.3 Å². The van der Waals surface area contributed by atoms with Crippen LogP contribution in [0.3, 0.4) is 0 Å². The standard InChI is InChI=1S/C26H38O3/c1-17(29-23(28)24(2,3)4)20-11-12-21-19-10-9-18-8-6-7-14-26(18,16-27)22(19)13-15-25(20,21)5/h8-10,17,20,22,27H,6-7,11-16H2,1-5H3/t17-,20+,22-,25+,26+/m0/s1. The fourth-order valence-corrected chi connectivity index (χ4v) is 6.81. The Morgan fingerprint density at radius 2 is 2.03 bits per heavy atom. The molecule has 1 N–H and O–H groups in total. The van der Waals surface area contributed by atoms with E-state index in [9.17, 15) is 9.90 Å². The lowest BCUT2D eigenvalue weighted by Crippen LogP contribution is -2.45. The molecule has 5 atom stereocenters. The molecule has 0 saturated heterocycles. The lowest BCUT2D eigenvalue weighted by molar-refractivity contribution is -0.162. The van der Waals surface area contributed by atoms with E-state index in [1.165, 1.54) is 17.6 Å². The summed E-state index contributed by atoms with van der Waals surface area (Å²) in [5.74, 6) is 0.717. The number of carbonyl (C=O) groups excluding carboxylic acids is 1. The highest BCUT2D eigenvalue weighted by Crippen LogP contribution is 2.63. The minimum Gasteiger partial charge on any atom is -0.462 e. The summed E-state index contributed by atoms with van der Waals surface area (Å²) < 4.78 is 5.95. The molecular weight excluding hydrogens is 360 g/mol. The van der Waals surface area contributed by atoms with E-state index < -0.39 is 5.41 Å². The maximum absolute atomic E-state index is 12.5. The smallest absolute Gasteiger partial charge is 0.311 e. The summed E-state index contributed by atoms with van der Waals surface area (Å²) in [4.78, 5) is 12.5. The molecule has 4 rings (SSSR count). The molecule has 0 aromatic rings. The maximum Gasteiger partial charge on any atom is 0.311 e. The van der Waals surface area contributed by atoms with Crippen LogP contribution in [0.1, 0.15) is 79.6 Å². The number of aliphatic hydroxyl groups excluding tert-OH is 1. The van der Waals surface area contributed by atoms with Crippen molar-refractivity contribution in [2.45, 2.75) is 85.7 Å². The van der Waals surface area contributed by atoms with Gasteiger partial charge in [-0.2, -0.15) is 0 Å². The quantitative estimate of drug-likeness (QED) is 0.616. The second-order valence-corrected chi connectivity index (χ2v) is 11.1. The Bertz CT molecular complexity index is 780. The third-order valence-corrected chi connectivity index (χ3v) is 8.52. The van der Waals surface area contributed by atoms with Gasteiger partial charge in [0.1, 0.15) is 6.10 Å². The number of aliphatic hydroxyl groups is 1. The average molecular weight is 399 g/mol. The Morgan fingerprint density at radius 3 is 2.72 bits per heavy atom. The van der Waals surface area contributed by atoms with Crippen molar-refractivity contribution in [1.29, 1.82) is 0 Å². The predicted molar refractivity (Wildman–Crippen MR) is 116 cm³/mol. The van der Waals surface area contributed by atoms with Crippen LogP contribution in [0, 0.1) is 28.1 Å². The van der Waals surface area contributed by atoms with Gasteiger partial charge in [-0.25, -0.2) is 0 Å². The Hall–Kier alpha value is -1.35. The highest BCUT2D eigenvalue weighted by molar-refractivity contribution is 5.75. The van der Waals surface area contributed by atoms with E-state index in [1.54, 1.807) is 5.57 Å². The van der Waals surface area contributed by atoms with Crippen molar-refractivity contribution in [3.05, 3.63) is 34.9 Å². The summed E-state index contributed by atoms with van der Waals surface area (Å²) in [5.41, 5.74) is 4.00. The SMILES string of the molecule is C[C@H](OC(=O)C(C)(C)C)[C@H]1CCC2=C3C=CC4=CCCC[C@]4(CO)[C@H]3CC[C@@]21C. The summed E-state index contributed by atoms with van der Waals surface area (Å²) in [7, 11) is 0. The first-order valence-electron chi connectivity index (χ1n) is 11.6. The van der Waals surface area contributed by atoms with Crippen LogP contribution in [0.5, 0.6) is 0 Å². The molecule has 0 amide bonds. The Balaban J connectivity index is 1.66. The van der Waals surface area contributed by atoms with Crippen LogP contribution in [-0.2, 0) is 9.53 Å². The molecule has 4 aliphatic rings. The normalized spacial score (nSPS) is 37.4. The van der Waals surface area contributed by atoms with Crippen LogP contribution in [0.2, 0.25) is 0 Å². The largest absolute Gasteiger partial charge is 0.462 e. The Labute approximate surface area is 176 Å². The number of rotatable bonds is 3. The van der Waals surface area contributed by atoms with E-state index in [1.807, 2.05) is 20.8 Å². The molecule has 160 valence electrons. The average Bonchev–Trinajstić information content (AvgIpc) is 3.04. The van der Waals surface area contributed by atoms with E-state index >= 15 is 0 Å². The summed E-state index contributed by atoms with van der Waals surface area (Å²) in [5, 5.41) is 10.5. The molecule has 0 heterocycles. The van der Waals surface area contributed by atoms with Gasteiger partial charge in [-0.1, -0.05) is 30.7 Å². The second kappa shape index (κ2) is 7.11. The van der Waals surface area contributed by atoms with Crippen molar-refractivity contribution in [3.63, 3.8) is 0 Å². The van der Waals surface area contributed by atoms with E-state index in [-0.39, 0.29) is 29.5 Å². The molecule has 1 fully saturated rings. The van der Waals surface area contributed by atoms with Gasteiger partial charge in [0.2, 0.25) is 0 Å². The van der Waals surface area contributed by atoms with Gasteiger partial charge in [-0.15, -0.1) is 0 Å². The van der Waals surface area contributed by atoms with Crippen molar-refractivity contribution >= 4 is 5.97 Å².